The van der Waals surface area contributed by atoms with E-state index in [-0.39, 0.29) is 17.2 Å². The number of nitrogens with zero attached hydrogens (tertiary/aromatic N) is 2. The van der Waals surface area contributed by atoms with Crippen molar-refractivity contribution in [2.24, 2.45) is 0 Å². The monoisotopic (exact) mass is 486 g/mol. The molecule has 6 nitrogen and oxygen atoms in total. The molecule has 3 aromatic rings. The van der Waals surface area contributed by atoms with Crippen LogP contribution in [0.2, 0.25) is 0 Å². The van der Waals surface area contributed by atoms with Crippen molar-refractivity contribution in [2.45, 2.75) is 19.5 Å². The summed E-state index contributed by atoms with van der Waals surface area (Å²) in [6, 6.07) is 10.3. The molecule has 0 aliphatic rings. The molecule has 0 saturated heterocycles. The lowest BCUT2D eigenvalue weighted by Gasteiger charge is -2.10. The number of hydrogen-bond acceptors (Lipinski definition) is 4. The quantitative estimate of drug-likeness (QED) is 0.492. The minimum Gasteiger partial charge on any atom is -0.331 e. The highest BCUT2D eigenvalue weighted by Crippen LogP contribution is 2.23. The first-order valence-electron chi connectivity index (χ1n) is 10.0. The third-order valence-electron chi connectivity index (χ3n) is 4.54. The third-order valence-corrected chi connectivity index (χ3v) is 5.36. The Morgan fingerprint density at radius 1 is 1.09 bits per heavy atom. The maximum absolute atomic E-state index is 12.7. The Labute approximate surface area is 198 Å². The number of rotatable bonds is 4. The lowest BCUT2D eigenvalue weighted by Crippen LogP contribution is -2.27. The molecule has 1 aromatic heterocycles. The van der Waals surface area contributed by atoms with Crippen molar-refractivity contribution in [3.8, 4) is 11.8 Å². The number of urea groups is 1. The molecule has 0 spiro atoms. The third kappa shape index (κ3) is 7.08. The molecule has 2 aromatic carbocycles. The molecule has 2 N–H and O–H groups in total. The molecule has 0 atom stereocenters. The summed E-state index contributed by atoms with van der Waals surface area (Å²) in [5, 5.41) is 5.78. The number of benzene rings is 2. The number of carbonyl (C=O) groups excluding carboxylic acids is 2. The van der Waals surface area contributed by atoms with Gasteiger partial charge in [-0.15, -0.1) is 0 Å². The van der Waals surface area contributed by atoms with Crippen LogP contribution in [0.3, 0.4) is 0 Å². The predicted molar refractivity (Wildman–Crippen MR) is 126 cm³/mol. The van der Waals surface area contributed by atoms with E-state index in [2.05, 4.69) is 27.5 Å². The summed E-state index contributed by atoms with van der Waals surface area (Å²) in [5.41, 5.74) is 2.15. The molecule has 0 aliphatic heterocycles. The summed E-state index contributed by atoms with van der Waals surface area (Å²) >= 11 is 1.23. The smallest absolute Gasteiger partial charge is 0.331 e. The Balaban J connectivity index is 1.73. The first kappa shape index (κ1) is 24.8. The molecule has 34 heavy (non-hydrogen) atoms. The maximum Gasteiger partial charge on any atom is 0.393 e. The van der Waals surface area contributed by atoms with Crippen LogP contribution in [0.25, 0.3) is 0 Å². The Kier molecular flexibility index (Phi) is 7.58. The average Bonchev–Trinajstić information content (AvgIpc) is 3.20. The van der Waals surface area contributed by atoms with E-state index in [0.29, 0.717) is 21.3 Å². The number of carbonyl (C=O) groups is 2. The van der Waals surface area contributed by atoms with Crippen LogP contribution in [0.5, 0.6) is 0 Å². The Hall–Kier alpha value is -3.84. The summed E-state index contributed by atoms with van der Waals surface area (Å²) in [7, 11) is 3.24. The largest absolute Gasteiger partial charge is 0.393 e. The lowest BCUT2D eigenvalue weighted by molar-refractivity contribution is -0.127. The molecule has 176 valence electrons. The van der Waals surface area contributed by atoms with Crippen LogP contribution in [0.1, 0.15) is 31.9 Å². The van der Waals surface area contributed by atoms with Gasteiger partial charge in [-0.2, -0.15) is 13.2 Å². The maximum atomic E-state index is 12.7. The number of hydrogen-bond donors (Lipinski definition) is 2. The first-order valence-corrected chi connectivity index (χ1v) is 10.9. The Morgan fingerprint density at radius 3 is 2.56 bits per heavy atom. The second-order valence-electron chi connectivity index (χ2n) is 7.58. The van der Waals surface area contributed by atoms with E-state index < -0.39 is 18.5 Å². The van der Waals surface area contributed by atoms with Crippen LogP contribution in [-0.4, -0.2) is 42.1 Å². The van der Waals surface area contributed by atoms with Gasteiger partial charge in [0, 0.05) is 30.9 Å². The lowest BCUT2D eigenvalue weighted by atomic mass is 10.1. The summed E-state index contributed by atoms with van der Waals surface area (Å²) in [4.78, 5) is 30.4. The van der Waals surface area contributed by atoms with Gasteiger partial charge >= 0.3 is 12.2 Å². The van der Waals surface area contributed by atoms with E-state index >= 15 is 0 Å². The zero-order valence-electron chi connectivity index (χ0n) is 18.6. The molecule has 10 heteroatoms. The normalized spacial score (nSPS) is 10.8. The van der Waals surface area contributed by atoms with Crippen molar-refractivity contribution in [3.05, 3.63) is 75.8 Å². The highest BCUT2D eigenvalue weighted by Gasteiger charge is 2.27. The average molecular weight is 487 g/mol. The number of aryl methyl sites for hydroxylation is 1. The zero-order chi connectivity index (χ0) is 24.9. The van der Waals surface area contributed by atoms with Crippen LogP contribution in [-0.2, 0) is 6.42 Å². The van der Waals surface area contributed by atoms with Crippen molar-refractivity contribution in [1.29, 1.82) is 0 Å². The molecule has 0 unspecified atom stereocenters. The predicted octanol–water partition coefficient (Wildman–Crippen LogP) is 5.30. The number of thiazole rings is 1. The Morgan fingerprint density at radius 2 is 1.85 bits per heavy atom. The van der Waals surface area contributed by atoms with Crippen molar-refractivity contribution in [2.75, 3.05) is 24.7 Å². The van der Waals surface area contributed by atoms with Crippen LogP contribution in [0.4, 0.5) is 28.8 Å². The minimum absolute atomic E-state index is 0.0151. The number of halogens is 3. The number of alkyl halides is 3. The van der Waals surface area contributed by atoms with Gasteiger partial charge in [0.15, 0.2) is 5.13 Å². The molecule has 0 fully saturated rings. The molecule has 1 heterocycles. The molecule has 0 bridgehead atoms. The number of amides is 3. The van der Waals surface area contributed by atoms with Crippen LogP contribution < -0.4 is 10.6 Å². The summed E-state index contributed by atoms with van der Waals surface area (Å²) in [6.45, 7) is 1.87. The summed E-state index contributed by atoms with van der Waals surface area (Å²) in [6.07, 6.45) is -3.90. The van der Waals surface area contributed by atoms with Gasteiger partial charge < -0.3 is 10.2 Å². The highest BCUT2D eigenvalue weighted by molar-refractivity contribution is 7.16. The minimum atomic E-state index is -4.35. The van der Waals surface area contributed by atoms with E-state index in [0.717, 1.165) is 5.56 Å². The number of nitrogens with one attached hydrogen (secondary N) is 2. The van der Waals surface area contributed by atoms with Gasteiger partial charge in [-0.3, -0.25) is 10.1 Å². The molecule has 0 radical (unpaired) electrons. The van der Waals surface area contributed by atoms with E-state index in [1.54, 1.807) is 38.5 Å². The van der Waals surface area contributed by atoms with Crippen LogP contribution in [0.15, 0.2) is 48.7 Å². The SMILES string of the molecule is Cc1ccc(NC(=O)c2cccc(CC(F)(F)F)c2)cc1C#Cc1cnc(NC(=O)N(C)C)s1. The standard InChI is InChI=1S/C24H21F3N4O2S/c1-15-7-9-19(29-21(32)18-6-4-5-16(11-18)13-24(25,26)27)12-17(15)8-10-20-14-28-22(34-20)30-23(33)31(2)3/h4-7,9,11-12,14H,13H2,1-3H3,(H,29,32)(H,28,30,33). The molecular weight excluding hydrogens is 465 g/mol. The van der Waals surface area contributed by atoms with Crippen molar-refractivity contribution >= 4 is 34.1 Å². The van der Waals surface area contributed by atoms with E-state index in [1.165, 1.54) is 40.5 Å². The molecule has 0 aliphatic carbocycles. The molecule has 3 amide bonds. The van der Waals surface area contributed by atoms with E-state index in [9.17, 15) is 22.8 Å². The zero-order valence-corrected chi connectivity index (χ0v) is 19.4. The summed E-state index contributed by atoms with van der Waals surface area (Å²) < 4.78 is 38.0. The van der Waals surface area contributed by atoms with Crippen molar-refractivity contribution < 1.29 is 22.8 Å². The highest BCUT2D eigenvalue weighted by atomic mass is 32.1. The second-order valence-corrected chi connectivity index (χ2v) is 8.61. The van der Waals surface area contributed by atoms with Gasteiger partial charge in [-0.05, 0) is 48.2 Å². The van der Waals surface area contributed by atoms with Gasteiger partial charge in [0.05, 0.1) is 17.5 Å². The van der Waals surface area contributed by atoms with Crippen LogP contribution in [0, 0.1) is 18.8 Å². The number of anilines is 2. The summed E-state index contributed by atoms with van der Waals surface area (Å²) in [5.74, 6) is 5.50. The molecular formula is C24H21F3N4O2S. The van der Waals surface area contributed by atoms with Gasteiger partial charge in [-0.1, -0.05) is 35.5 Å². The topological polar surface area (TPSA) is 74.3 Å². The van der Waals surface area contributed by atoms with Gasteiger partial charge in [0.2, 0.25) is 0 Å². The van der Waals surface area contributed by atoms with E-state index in [1.807, 2.05) is 6.92 Å². The van der Waals surface area contributed by atoms with Gasteiger partial charge in [0.25, 0.3) is 5.91 Å². The Bertz CT molecular complexity index is 1270. The molecule has 3 rings (SSSR count). The fraction of sp³-hybridized carbons (Fsp3) is 0.208. The fourth-order valence-electron chi connectivity index (χ4n) is 2.81. The number of aromatic nitrogens is 1. The first-order chi connectivity index (χ1) is 16.0. The fourth-order valence-corrected chi connectivity index (χ4v) is 3.47. The van der Waals surface area contributed by atoms with Gasteiger partial charge in [-0.25, -0.2) is 9.78 Å². The second kappa shape index (κ2) is 10.4. The van der Waals surface area contributed by atoms with Crippen molar-refractivity contribution in [1.82, 2.24) is 9.88 Å². The van der Waals surface area contributed by atoms with Gasteiger partial charge in [0.1, 0.15) is 0 Å². The molecule has 0 saturated carbocycles. The van der Waals surface area contributed by atoms with E-state index in [4.69, 9.17) is 0 Å². The van der Waals surface area contributed by atoms with Crippen LogP contribution >= 0.6 is 11.3 Å². The van der Waals surface area contributed by atoms with Crippen molar-refractivity contribution in [3.63, 3.8) is 0 Å².